The van der Waals surface area contributed by atoms with Gasteiger partial charge in [-0.15, -0.1) is 0 Å². The van der Waals surface area contributed by atoms with E-state index in [9.17, 15) is 9.59 Å². The summed E-state index contributed by atoms with van der Waals surface area (Å²) in [7, 11) is 0. The second kappa shape index (κ2) is 8.67. The maximum Gasteiger partial charge on any atom is 0.319 e. The molecule has 5 heteroatoms. The summed E-state index contributed by atoms with van der Waals surface area (Å²) in [5.41, 5.74) is 3.24. The van der Waals surface area contributed by atoms with Gasteiger partial charge in [-0.1, -0.05) is 72.8 Å². The van der Waals surface area contributed by atoms with Crippen LogP contribution in [-0.4, -0.2) is 17.1 Å². The number of aliphatic carboxylic acids is 1. The number of benzene rings is 3. The standard InChI is InChI=1S/C22H20N2O3/c25-20(26)15-16-11-13-19(14-12-16)23-22(27)24-21(17-7-3-1-4-8-17)18-9-5-2-6-10-18/h1-14,21H,15H2,(H,25,26)(H2,23,24,27). The number of carbonyl (C=O) groups is 2. The van der Waals surface area contributed by atoms with Gasteiger partial charge in [0.25, 0.3) is 0 Å². The Morgan fingerprint density at radius 3 is 1.78 bits per heavy atom. The molecule has 3 aromatic rings. The molecular weight excluding hydrogens is 340 g/mol. The lowest BCUT2D eigenvalue weighted by Crippen LogP contribution is -2.33. The SMILES string of the molecule is O=C(O)Cc1ccc(NC(=O)NC(c2ccccc2)c2ccccc2)cc1. The minimum absolute atomic E-state index is 0.0451. The first-order valence-electron chi connectivity index (χ1n) is 8.60. The second-order valence-electron chi connectivity index (χ2n) is 6.12. The van der Waals surface area contributed by atoms with Gasteiger partial charge in [0.1, 0.15) is 0 Å². The Bertz CT molecular complexity index is 854. The van der Waals surface area contributed by atoms with Crippen LogP contribution in [0.4, 0.5) is 10.5 Å². The van der Waals surface area contributed by atoms with E-state index >= 15 is 0 Å². The Morgan fingerprint density at radius 1 is 0.778 bits per heavy atom. The molecule has 136 valence electrons. The lowest BCUT2D eigenvalue weighted by Gasteiger charge is -2.20. The van der Waals surface area contributed by atoms with Crippen molar-refractivity contribution in [3.63, 3.8) is 0 Å². The van der Waals surface area contributed by atoms with E-state index in [1.807, 2.05) is 60.7 Å². The number of anilines is 1. The normalized spacial score (nSPS) is 10.4. The highest BCUT2D eigenvalue weighted by atomic mass is 16.4. The summed E-state index contributed by atoms with van der Waals surface area (Å²) in [5.74, 6) is -0.887. The van der Waals surface area contributed by atoms with Gasteiger partial charge in [0.05, 0.1) is 12.5 Å². The van der Waals surface area contributed by atoms with Gasteiger partial charge >= 0.3 is 12.0 Å². The minimum atomic E-state index is -0.887. The van der Waals surface area contributed by atoms with Crippen molar-refractivity contribution < 1.29 is 14.7 Å². The molecule has 2 amide bonds. The zero-order chi connectivity index (χ0) is 19.1. The fourth-order valence-electron chi connectivity index (χ4n) is 2.83. The molecule has 0 aliphatic rings. The average Bonchev–Trinajstić information content (AvgIpc) is 2.69. The summed E-state index contributed by atoms with van der Waals surface area (Å²) in [5, 5.41) is 14.6. The maximum absolute atomic E-state index is 12.5. The fraction of sp³-hybridized carbons (Fsp3) is 0.0909. The van der Waals surface area contributed by atoms with Gasteiger partial charge in [0.15, 0.2) is 0 Å². The van der Waals surface area contributed by atoms with Gasteiger partial charge in [-0.05, 0) is 28.8 Å². The van der Waals surface area contributed by atoms with Crippen molar-refractivity contribution in [1.29, 1.82) is 0 Å². The van der Waals surface area contributed by atoms with Crippen molar-refractivity contribution in [2.45, 2.75) is 12.5 Å². The number of carbonyl (C=O) groups excluding carboxylic acids is 1. The minimum Gasteiger partial charge on any atom is -0.481 e. The fourth-order valence-corrected chi connectivity index (χ4v) is 2.83. The van der Waals surface area contributed by atoms with Crippen LogP contribution in [0.5, 0.6) is 0 Å². The first-order chi connectivity index (χ1) is 13.1. The molecule has 0 aliphatic carbocycles. The van der Waals surface area contributed by atoms with E-state index in [2.05, 4.69) is 10.6 Å². The molecule has 5 nitrogen and oxygen atoms in total. The monoisotopic (exact) mass is 360 g/mol. The molecule has 3 N–H and O–H groups in total. The molecule has 0 aromatic heterocycles. The Balaban J connectivity index is 1.72. The van der Waals surface area contributed by atoms with E-state index < -0.39 is 5.97 Å². The molecule has 0 aliphatic heterocycles. The van der Waals surface area contributed by atoms with E-state index in [0.29, 0.717) is 11.3 Å². The lowest BCUT2D eigenvalue weighted by molar-refractivity contribution is -0.136. The van der Waals surface area contributed by atoms with Crippen LogP contribution in [-0.2, 0) is 11.2 Å². The topological polar surface area (TPSA) is 78.4 Å². The molecule has 3 aromatic carbocycles. The first-order valence-corrected chi connectivity index (χ1v) is 8.60. The molecule has 0 saturated heterocycles. The van der Waals surface area contributed by atoms with Crippen LogP contribution in [0.2, 0.25) is 0 Å². The number of carboxylic acid groups (broad SMARTS) is 1. The predicted octanol–water partition coefficient (Wildman–Crippen LogP) is 4.22. The van der Waals surface area contributed by atoms with Crippen molar-refractivity contribution in [2.75, 3.05) is 5.32 Å². The Hall–Kier alpha value is -3.60. The van der Waals surface area contributed by atoms with E-state index in [4.69, 9.17) is 5.11 Å². The molecule has 0 spiro atoms. The number of hydrogen-bond donors (Lipinski definition) is 3. The zero-order valence-electron chi connectivity index (χ0n) is 14.6. The molecule has 0 saturated carbocycles. The van der Waals surface area contributed by atoms with E-state index in [1.54, 1.807) is 24.3 Å². The Labute approximate surface area is 157 Å². The van der Waals surface area contributed by atoms with Crippen LogP contribution in [0.3, 0.4) is 0 Å². The van der Waals surface area contributed by atoms with Crippen molar-refractivity contribution in [1.82, 2.24) is 5.32 Å². The van der Waals surface area contributed by atoms with Crippen LogP contribution in [0.1, 0.15) is 22.7 Å². The summed E-state index contributed by atoms with van der Waals surface area (Å²) >= 11 is 0. The van der Waals surface area contributed by atoms with Gasteiger partial charge in [-0.3, -0.25) is 4.79 Å². The molecule has 0 fully saturated rings. The van der Waals surface area contributed by atoms with Crippen molar-refractivity contribution >= 4 is 17.7 Å². The molecule has 0 bridgehead atoms. The van der Waals surface area contributed by atoms with Crippen molar-refractivity contribution in [3.8, 4) is 0 Å². The Morgan fingerprint density at radius 2 is 1.30 bits per heavy atom. The third-order valence-electron chi connectivity index (χ3n) is 4.11. The number of rotatable bonds is 6. The summed E-state index contributed by atoms with van der Waals surface area (Å²) in [6.07, 6.45) is -0.0451. The molecular formula is C22H20N2O3. The van der Waals surface area contributed by atoms with Crippen molar-refractivity contribution in [3.05, 3.63) is 102 Å². The highest BCUT2D eigenvalue weighted by Gasteiger charge is 2.16. The summed E-state index contributed by atoms with van der Waals surface area (Å²) in [6, 6.07) is 25.7. The Kier molecular flexibility index (Phi) is 5.84. The smallest absolute Gasteiger partial charge is 0.319 e. The molecule has 27 heavy (non-hydrogen) atoms. The van der Waals surface area contributed by atoms with Gasteiger partial charge in [-0.2, -0.15) is 0 Å². The summed E-state index contributed by atoms with van der Waals surface area (Å²) in [6.45, 7) is 0. The third kappa shape index (κ3) is 5.19. The van der Waals surface area contributed by atoms with Gasteiger partial charge in [0.2, 0.25) is 0 Å². The molecule has 0 heterocycles. The van der Waals surface area contributed by atoms with Crippen LogP contribution in [0, 0.1) is 0 Å². The third-order valence-corrected chi connectivity index (χ3v) is 4.11. The second-order valence-corrected chi connectivity index (χ2v) is 6.12. The molecule has 0 unspecified atom stereocenters. The number of hydrogen-bond acceptors (Lipinski definition) is 2. The molecule has 0 atom stereocenters. The highest BCUT2D eigenvalue weighted by Crippen LogP contribution is 2.22. The number of nitrogens with one attached hydrogen (secondary N) is 2. The van der Waals surface area contributed by atoms with Crippen molar-refractivity contribution in [2.24, 2.45) is 0 Å². The molecule has 0 radical (unpaired) electrons. The lowest BCUT2D eigenvalue weighted by atomic mass is 9.99. The van der Waals surface area contributed by atoms with Gasteiger partial charge in [-0.25, -0.2) is 4.79 Å². The number of carboxylic acids is 1. The van der Waals surface area contributed by atoms with E-state index in [0.717, 1.165) is 11.1 Å². The van der Waals surface area contributed by atoms with Crippen LogP contribution in [0.15, 0.2) is 84.9 Å². The maximum atomic E-state index is 12.5. The highest BCUT2D eigenvalue weighted by molar-refractivity contribution is 5.89. The molecule has 3 rings (SSSR count). The van der Waals surface area contributed by atoms with Crippen LogP contribution >= 0.6 is 0 Å². The average molecular weight is 360 g/mol. The number of urea groups is 1. The zero-order valence-corrected chi connectivity index (χ0v) is 14.6. The van der Waals surface area contributed by atoms with Gasteiger partial charge in [0, 0.05) is 5.69 Å². The van der Waals surface area contributed by atoms with E-state index in [-0.39, 0.29) is 18.5 Å². The summed E-state index contributed by atoms with van der Waals surface area (Å²) in [4.78, 5) is 23.3. The predicted molar refractivity (Wildman–Crippen MR) is 105 cm³/mol. The quantitative estimate of drug-likeness (QED) is 0.616. The van der Waals surface area contributed by atoms with Crippen LogP contribution in [0.25, 0.3) is 0 Å². The summed E-state index contributed by atoms with van der Waals surface area (Å²) < 4.78 is 0. The van der Waals surface area contributed by atoms with Gasteiger partial charge < -0.3 is 15.7 Å². The first kappa shape index (κ1) is 18.2. The van der Waals surface area contributed by atoms with E-state index in [1.165, 1.54) is 0 Å². The largest absolute Gasteiger partial charge is 0.481 e. The van der Waals surface area contributed by atoms with Crippen LogP contribution < -0.4 is 10.6 Å². The number of amides is 2.